The lowest BCUT2D eigenvalue weighted by atomic mass is 10.1. The minimum absolute atomic E-state index is 0.0745. The Bertz CT molecular complexity index is 938. The van der Waals surface area contributed by atoms with Crippen molar-refractivity contribution in [2.45, 2.75) is 13.1 Å². The van der Waals surface area contributed by atoms with Crippen molar-refractivity contribution in [3.8, 4) is 5.75 Å². The largest absolute Gasteiger partial charge is 0.495 e. The Morgan fingerprint density at radius 1 is 1.16 bits per heavy atom. The van der Waals surface area contributed by atoms with Crippen LogP contribution in [-0.2, 0) is 0 Å². The number of anilines is 2. The highest BCUT2D eigenvalue weighted by Crippen LogP contribution is 2.40. The van der Waals surface area contributed by atoms with Crippen LogP contribution in [0.25, 0.3) is 0 Å². The molecule has 0 aliphatic carbocycles. The molecule has 126 valence electrons. The molecular formula is C19H17N3O2S. The monoisotopic (exact) mass is 351 g/mol. The van der Waals surface area contributed by atoms with Crippen LogP contribution in [0, 0.1) is 6.92 Å². The highest BCUT2D eigenvalue weighted by Gasteiger charge is 2.36. The van der Waals surface area contributed by atoms with Crippen molar-refractivity contribution >= 4 is 28.6 Å². The molecule has 1 aromatic heterocycles. The Kier molecular flexibility index (Phi) is 3.89. The van der Waals surface area contributed by atoms with E-state index in [0.29, 0.717) is 17.0 Å². The molecule has 2 heterocycles. The molecule has 0 saturated heterocycles. The van der Waals surface area contributed by atoms with Gasteiger partial charge in [-0.3, -0.25) is 9.69 Å². The summed E-state index contributed by atoms with van der Waals surface area (Å²) in [6.45, 7) is 1.96. The number of fused-ring (bicyclic) bond motifs is 1. The van der Waals surface area contributed by atoms with Gasteiger partial charge in [-0.05, 0) is 31.2 Å². The van der Waals surface area contributed by atoms with Gasteiger partial charge in [-0.1, -0.05) is 24.3 Å². The van der Waals surface area contributed by atoms with Crippen molar-refractivity contribution in [1.29, 1.82) is 0 Å². The van der Waals surface area contributed by atoms with Gasteiger partial charge in [-0.25, -0.2) is 4.98 Å². The fraction of sp³-hybridized carbons (Fsp3) is 0.158. The van der Waals surface area contributed by atoms with Crippen molar-refractivity contribution in [3.63, 3.8) is 0 Å². The van der Waals surface area contributed by atoms with Crippen molar-refractivity contribution < 1.29 is 9.53 Å². The first-order valence-corrected chi connectivity index (χ1v) is 8.81. The van der Waals surface area contributed by atoms with Gasteiger partial charge < -0.3 is 10.1 Å². The summed E-state index contributed by atoms with van der Waals surface area (Å²) < 4.78 is 5.48. The maximum absolute atomic E-state index is 13.3. The number of aromatic nitrogens is 1. The van der Waals surface area contributed by atoms with E-state index >= 15 is 0 Å². The van der Waals surface area contributed by atoms with Crippen molar-refractivity contribution in [2.75, 3.05) is 17.3 Å². The lowest BCUT2D eigenvalue weighted by Crippen LogP contribution is -2.43. The normalized spacial score (nSPS) is 16.3. The summed E-state index contributed by atoms with van der Waals surface area (Å²) in [6.07, 6.45) is -0.386. The molecule has 25 heavy (non-hydrogen) atoms. The molecule has 1 aliphatic rings. The minimum atomic E-state index is -0.386. The Morgan fingerprint density at radius 3 is 2.68 bits per heavy atom. The lowest BCUT2D eigenvalue weighted by molar-refractivity contribution is 0.0973. The third-order valence-corrected chi connectivity index (χ3v) is 4.98. The lowest BCUT2D eigenvalue weighted by Gasteiger charge is -2.37. The van der Waals surface area contributed by atoms with Gasteiger partial charge in [0.2, 0.25) is 0 Å². The molecule has 1 amide bonds. The van der Waals surface area contributed by atoms with Crippen molar-refractivity contribution in [2.24, 2.45) is 0 Å². The highest BCUT2D eigenvalue weighted by molar-refractivity contribution is 7.09. The first-order chi connectivity index (χ1) is 12.2. The van der Waals surface area contributed by atoms with E-state index in [1.165, 1.54) is 0 Å². The molecule has 2 aromatic carbocycles. The number of carbonyl (C=O) groups excluding carboxylic acids is 1. The van der Waals surface area contributed by atoms with Crippen LogP contribution in [0.2, 0.25) is 0 Å². The van der Waals surface area contributed by atoms with E-state index in [0.717, 1.165) is 16.4 Å². The number of nitrogens with zero attached hydrogens (tertiary/aromatic N) is 2. The number of carbonyl (C=O) groups is 1. The topological polar surface area (TPSA) is 54.5 Å². The highest BCUT2D eigenvalue weighted by atomic mass is 32.1. The average molecular weight is 351 g/mol. The molecule has 6 heteroatoms. The molecule has 0 radical (unpaired) electrons. The van der Waals surface area contributed by atoms with Crippen LogP contribution in [-0.4, -0.2) is 18.0 Å². The van der Waals surface area contributed by atoms with Crippen LogP contribution < -0.4 is 15.0 Å². The Hall–Kier alpha value is -2.86. The summed E-state index contributed by atoms with van der Waals surface area (Å²) in [6, 6.07) is 15.1. The second-order valence-electron chi connectivity index (χ2n) is 5.73. The number of hydrogen-bond donors (Lipinski definition) is 1. The van der Waals surface area contributed by atoms with Crippen LogP contribution in [0.15, 0.2) is 53.9 Å². The van der Waals surface area contributed by atoms with Gasteiger partial charge in [0.1, 0.15) is 5.75 Å². The van der Waals surface area contributed by atoms with E-state index in [4.69, 9.17) is 4.74 Å². The molecule has 1 aliphatic heterocycles. The summed E-state index contributed by atoms with van der Waals surface area (Å²) in [4.78, 5) is 19.6. The molecule has 0 unspecified atom stereocenters. The van der Waals surface area contributed by atoms with Gasteiger partial charge in [0.25, 0.3) is 5.91 Å². The van der Waals surface area contributed by atoms with E-state index in [1.54, 1.807) is 23.3 Å². The Morgan fingerprint density at radius 2 is 1.92 bits per heavy atom. The number of thiazole rings is 1. The maximum atomic E-state index is 13.3. The molecule has 3 aromatic rings. The fourth-order valence-electron chi connectivity index (χ4n) is 3.04. The van der Waals surface area contributed by atoms with E-state index in [9.17, 15) is 4.79 Å². The Balaban J connectivity index is 1.89. The zero-order chi connectivity index (χ0) is 17.4. The predicted octanol–water partition coefficient (Wildman–Crippen LogP) is 4.23. The third kappa shape index (κ3) is 2.64. The smallest absolute Gasteiger partial charge is 0.262 e. The number of benzene rings is 2. The van der Waals surface area contributed by atoms with Crippen molar-refractivity contribution in [3.05, 3.63) is 70.2 Å². The summed E-state index contributed by atoms with van der Waals surface area (Å²) >= 11 is 1.57. The second-order valence-corrected chi connectivity index (χ2v) is 6.79. The van der Waals surface area contributed by atoms with E-state index in [1.807, 2.05) is 60.8 Å². The zero-order valence-corrected chi connectivity index (χ0v) is 14.7. The molecule has 5 nitrogen and oxygen atoms in total. The number of nitrogens with one attached hydrogen (secondary N) is 1. The van der Waals surface area contributed by atoms with Crippen LogP contribution in [0.4, 0.5) is 11.4 Å². The summed E-state index contributed by atoms with van der Waals surface area (Å²) in [5.74, 6) is 0.573. The van der Waals surface area contributed by atoms with Gasteiger partial charge in [-0.2, -0.15) is 0 Å². The first kappa shape index (κ1) is 15.7. The minimum Gasteiger partial charge on any atom is -0.495 e. The number of para-hydroxylation sites is 3. The van der Waals surface area contributed by atoms with Crippen LogP contribution in [0.5, 0.6) is 5.75 Å². The van der Waals surface area contributed by atoms with Gasteiger partial charge in [-0.15, -0.1) is 11.3 Å². The first-order valence-electron chi connectivity index (χ1n) is 7.93. The molecule has 1 atom stereocenters. The molecule has 0 saturated carbocycles. The molecule has 0 bridgehead atoms. The third-order valence-electron chi connectivity index (χ3n) is 4.19. The van der Waals surface area contributed by atoms with Crippen molar-refractivity contribution in [1.82, 2.24) is 4.98 Å². The summed E-state index contributed by atoms with van der Waals surface area (Å²) in [5, 5.41) is 6.39. The van der Waals surface area contributed by atoms with Gasteiger partial charge in [0.15, 0.2) is 6.17 Å². The quantitative estimate of drug-likeness (QED) is 0.767. The Labute approximate surface area is 149 Å². The molecule has 1 N–H and O–H groups in total. The number of amides is 1. The number of hydrogen-bond acceptors (Lipinski definition) is 5. The predicted molar refractivity (Wildman–Crippen MR) is 99.5 cm³/mol. The number of ether oxygens (including phenoxy) is 1. The van der Waals surface area contributed by atoms with E-state index < -0.39 is 0 Å². The standard InChI is InChI=1S/C19H17N3O2S/c1-12-20-15(11-25-12)18-21-14-8-4-3-7-13(14)19(23)22(18)16-9-5-6-10-17(16)24-2/h3-11,18,21H,1-2H3/t18-/m0/s1. The molecule has 0 spiro atoms. The number of aryl methyl sites for hydroxylation is 1. The average Bonchev–Trinajstić information content (AvgIpc) is 3.08. The molecular weight excluding hydrogens is 334 g/mol. The molecule has 0 fully saturated rings. The number of methoxy groups -OCH3 is 1. The number of rotatable bonds is 3. The maximum Gasteiger partial charge on any atom is 0.262 e. The van der Waals surface area contributed by atoms with Crippen LogP contribution in [0.3, 0.4) is 0 Å². The summed E-state index contributed by atoms with van der Waals surface area (Å²) in [5.41, 5.74) is 2.98. The van der Waals surface area contributed by atoms with E-state index in [2.05, 4.69) is 10.3 Å². The fourth-order valence-corrected chi connectivity index (χ4v) is 3.67. The van der Waals surface area contributed by atoms with Gasteiger partial charge in [0, 0.05) is 11.1 Å². The zero-order valence-electron chi connectivity index (χ0n) is 13.9. The summed E-state index contributed by atoms with van der Waals surface area (Å²) in [7, 11) is 1.61. The van der Waals surface area contributed by atoms with Crippen LogP contribution >= 0.6 is 11.3 Å². The molecule has 4 rings (SSSR count). The SMILES string of the molecule is COc1ccccc1N1C(=O)c2ccccc2N[C@@H]1c1csc(C)n1. The van der Waals surface area contributed by atoms with Gasteiger partial charge in [0.05, 0.1) is 29.1 Å². The van der Waals surface area contributed by atoms with E-state index in [-0.39, 0.29) is 12.1 Å². The van der Waals surface area contributed by atoms with Crippen LogP contribution in [0.1, 0.15) is 27.2 Å². The van der Waals surface area contributed by atoms with Gasteiger partial charge >= 0.3 is 0 Å². The second kappa shape index (κ2) is 6.22.